The Kier molecular flexibility index (Phi) is 1.93. The Labute approximate surface area is 59.5 Å². The van der Waals surface area contributed by atoms with Crippen LogP contribution < -0.4 is 5.48 Å². The highest BCUT2D eigenvalue weighted by atomic mass is 16.5. The summed E-state index contributed by atoms with van der Waals surface area (Å²) in [6, 6.07) is 6.90. The SMILES string of the molecule is C#Cc1ccc(NO)cc1. The lowest BCUT2D eigenvalue weighted by Crippen LogP contribution is -1.87. The standard InChI is InChI=1S/C8H7NO/c1-2-7-3-5-8(9-10)6-4-7/h1,3-6,9-10H. The van der Waals surface area contributed by atoms with Crippen molar-refractivity contribution in [3.63, 3.8) is 0 Å². The van der Waals surface area contributed by atoms with E-state index in [1.807, 2.05) is 5.48 Å². The predicted molar refractivity (Wildman–Crippen MR) is 39.8 cm³/mol. The molecule has 0 unspecified atom stereocenters. The second-order valence-corrected chi connectivity index (χ2v) is 1.83. The average molecular weight is 133 g/mol. The average Bonchev–Trinajstić information content (AvgIpc) is 2.05. The maximum Gasteiger partial charge on any atom is 0.0602 e. The molecule has 0 amide bonds. The monoisotopic (exact) mass is 133 g/mol. The zero-order chi connectivity index (χ0) is 7.40. The van der Waals surface area contributed by atoms with Crippen LogP contribution in [0.5, 0.6) is 0 Å². The van der Waals surface area contributed by atoms with Gasteiger partial charge in [-0.1, -0.05) is 5.92 Å². The third-order valence-electron chi connectivity index (χ3n) is 1.18. The summed E-state index contributed by atoms with van der Waals surface area (Å²) in [7, 11) is 0. The van der Waals surface area contributed by atoms with E-state index >= 15 is 0 Å². The Hall–Kier alpha value is -1.46. The van der Waals surface area contributed by atoms with E-state index in [-0.39, 0.29) is 0 Å². The van der Waals surface area contributed by atoms with Crippen LogP contribution in [0.15, 0.2) is 24.3 Å². The van der Waals surface area contributed by atoms with Gasteiger partial charge in [0.05, 0.1) is 5.69 Å². The van der Waals surface area contributed by atoms with Gasteiger partial charge in [0.2, 0.25) is 0 Å². The molecule has 0 aliphatic rings. The first kappa shape index (κ1) is 6.66. The first-order chi connectivity index (χ1) is 4.86. The van der Waals surface area contributed by atoms with Gasteiger partial charge in [-0.25, -0.2) is 0 Å². The molecule has 0 fully saturated rings. The first-order valence-corrected chi connectivity index (χ1v) is 2.83. The van der Waals surface area contributed by atoms with Crippen molar-refractivity contribution in [1.29, 1.82) is 0 Å². The molecule has 0 aliphatic heterocycles. The number of terminal acetylenes is 1. The van der Waals surface area contributed by atoms with E-state index < -0.39 is 0 Å². The highest BCUT2D eigenvalue weighted by Gasteiger charge is 1.87. The van der Waals surface area contributed by atoms with Crippen molar-refractivity contribution in [3.8, 4) is 12.3 Å². The summed E-state index contributed by atoms with van der Waals surface area (Å²) in [5.41, 5.74) is 3.45. The molecule has 0 spiro atoms. The summed E-state index contributed by atoms with van der Waals surface area (Å²) in [6.45, 7) is 0. The molecule has 0 atom stereocenters. The summed E-state index contributed by atoms with van der Waals surface area (Å²) in [6.07, 6.45) is 5.11. The van der Waals surface area contributed by atoms with E-state index in [1.54, 1.807) is 24.3 Å². The summed E-state index contributed by atoms with van der Waals surface area (Å²) in [4.78, 5) is 0. The zero-order valence-electron chi connectivity index (χ0n) is 5.33. The summed E-state index contributed by atoms with van der Waals surface area (Å²) >= 11 is 0. The van der Waals surface area contributed by atoms with Crippen LogP contribution in [-0.4, -0.2) is 5.21 Å². The molecule has 2 heteroatoms. The van der Waals surface area contributed by atoms with E-state index in [0.29, 0.717) is 5.69 Å². The van der Waals surface area contributed by atoms with Gasteiger partial charge in [-0.2, -0.15) is 0 Å². The van der Waals surface area contributed by atoms with Crippen molar-refractivity contribution in [1.82, 2.24) is 0 Å². The highest BCUT2D eigenvalue weighted by molar-refractivity contribution is 5.46. The fraction of sp³-hybridized carbons (Fsp3) is 0. The van der Waals surface area contributed by atoms with E-state index in [9.17, 15) is 0 Å². The van der Waals surface area contributed by atoms with Crippen molar-refractivity contribution in [2.75, 3.05) is 5.48 Å². The van der Waals surface area contributed by atoms with Crippen LogP contribution >= 0.6 is 0 Å². The topological polar surface area (TPSA) is 32.3 Å². The number of rotatable bonds is 1. The lowest BCUT2D eigenvalue weighted by atomic mass is 10.2. The van der Waals surface area contributed by atoms with Gasteiger partial charge in [-0.3, -0.25) is 10.7 Å². The first-order valence-electron chi connectivity index (χ1n) is 2.83. The fourth-order valence-electron chi connectivity index (χ4n) is 0.641. The summed E-state index contributed by atoms with van der Waals surface area (Å²) in [5.74, 6) is 2.47. The summed E-state index contributed by atoms with van der Waals surface area (Å²) in [5, 5.41) is 8.40. The molecule has 0 aliphatic carbocycles. The molecule has 0 heterocycles. The third kappa shape index (κ3) is 1.28. The van der Waals surface area contributed by atoms with Crippen molar-refractivity contribution >= 4 is 5.69 Å². The van der Waals surface area contributed by atoms with Gasteiger partial charge in [0.15, 0.2) is 0 Å². The molecule has 2 N–H and O–H groups in total. The van der Waals surface area contributed by atoms with Crippen LogP contribution in [-0.2, 0) is 0 Å². The van der Waals surface area contributed by atoms with Gasteiger partial charge < -0.3 is 0 Å². The lowest BCUT2D eigenvalue weighted by Gasteiger charge is -1.95. The minimum absolute atomic E-state index is 0.638. The molecular formula is C8H7NO. The summed E-state index contributed by atoms with van der Waals surface area (Å²) < 4.78 is 0. The van der Waals surface area contributed by atoms with Crippen molar-refractivity contribution in [2.24, 2.45) is 0 Å². The lowest BCUT2D eigenvalue weighted by molar-refractivity contribution is 0.389. The molecule has 1 aromatic carbocycles. The van der Waals surface area contributed by atoms with Crippen LogP contribution in [0.4, 0.5) is 5.69 Å². The van der Waals surface area contributed by atoms with Crippen LogP contribution in [0.1, 0.15) is 5.56 Å². The van der Waals surface area contributed by atoms with Crippen molar-refractivity contribution in [3.05, 3.63) is 29.8 Å². The smallest absolute Gasteiger partial charge is 0.0602 e. The Morgan fingerprint density at radius 2 is 1.90 bits per heavy atom. The van der Waals surface area contributed by atoms with Gasteiger partial charge in [-0.15, -0.1) is 6.42 Å². The minimum atomic E-state index is 0.638. The number of benzene rings is 1. The quantitative estimate of drug-likeness (QED) is 0.449. The third-order valence-corrected chi connectivity index (χ3v) is 1.18. The Balaban J connectivity index is 2.93. The Morgan fingerprint density at radius 3 is 2.30 bits per heavy atom. The van der Waals surface area contributed by atoms with Crippen LogP contribution in [0.25, 0.3) is 0 Å². The molecule has 0 radical (unpaired) electrons. The van der Waals surface area contributed by atoms with Crippen molar-refractivity contribution in [2.45, 2.75) is 0 Å². The van der Waals surface area contributed by atoms with Gasteiger partial charge in [-0.05, 0) is 24.3 Å². The van der Waals surface area contributed by atoms with Crippen LogP contribution in [0.3, 0.4) is 0 Å². The number of hydrogen-bond acceptors (Lipinski definition) is 2. The zero-order valence-corrected chi connectivity index (χ0v) is 5.33. The molecule has 2 nitrogen and oxygen atoms in total. The molecule has 50 valence electrons. The second kappa shape index (κ2) is 2.90. The fourth-order valence-corrected chi connectivity index (χ4v) is 0.641. The molecule has 0 saturated heterocycles. The minimum Gasteiger partial charge on any atom is -0.291 e. The van der Waals surface area contributed by atoms with E-state index in [0.717, 1.165) is 5.56 Å². The number of hydrogen-bond donors (Lipinski definition) is 2. The predicted octanol–water partition coefficient (Wildman–Crippen LogP) is 1.47. The van der Waals surface area contributed by atoms with Gasteiger partial charge >= 0.3 is 0 Å². The normalized spacial score (nSPS) is 8.40. The molecular weight excluding hydrogens is 126 g/mol. The van der Waals surface area contributed by atoms with Crippen molar-refractivity contribution < 1.29 is 5.21 Å². The maximum atomic E-state index is 8.40. The molecule has 0 saturated carbocycles. The van der Waals surface area contributed by atoms with Gasteiger partial charge in [0, 0.05) is 5.56 Å². The largest absolute Gasteiger partial charge is 0.291 e. The maximum absolute atomic E-state index is 8.40. The highest BCUT2D eigenvalue weighted by Crippen LogP contribution is 2.06. The van der Waals surface area contributed by atoms with E-state index in [4.69, 9.17) is 11.6 Å². The van der Waals surface area contributed by atoms with E-state index in [2.05, 4.69) is 5.92 Å². The Bertz CT molecular complexity index is 245. The molecule has 0 aromatic heterocycles. The molecule has 1 aromatic rings. The van der Waals surface area contributed by atoms with Gasteiger partial charge in [0.25, 0.3) is 0 Å². The van der Waals surface area contributed by atoms with Gasteiger partial charge in [0.1, 0.15) is 0 Å². The molecule has 0 bridgehead atoms. The van der Waals surface area contributed by atoms with Crippen LogP contribution in [0.2, 0.25) is 0 Å². The molecule has 1 rings (SSSR count). The number of anilines is 1. The molecule has 10 heavy (non-hydrogen) atoms. The number of nitrogens with one attached hydrogen (secondary N) is 1. The second-order valence-electron chi connectivity index (χ2n) is 1.83. The van der Waals surface area contributed by atoms with Crippen LogP contribution in [0, 0.1) is 12.3 Å². The Morgan fingerprint density at radius 1 is 1.30 bits per heavy atom. The van der Waals surface area contributed by atoms with E-state index in [1.165, 1.54) is 0 Å².